The predicted octanol–water partition coefficient (Wildman–Crippen LogP) is 14.3. The van der Waals surface area contributed by atoms with Gasteiger partial charge in [-0.05, 0) is 75.2 Å². The lowest BCUT2D eigenvalue weighted by Gasteiger charge is -2.15. The molecule has 0 saturated carbocycles. The van der Waals surface area contributed by atoms with Gasteiger partial charge in [-0.2, -0.15) is 0 Å². The van der Waals surface area contributed by atoms with Gasteiger partial charge in [0.25, 0.3) is 0 Å². The van der Waals surface area contributed by atoms with Gasteiger partial charge in [-0.3, -0.25) is 4.40 Å². The van der Waals surface area contributed by atoms with Crippen molar-refractivity contribution in [3.8, 4) is 55.9 Å². The lowest BCUT2D eigenvalue weighted by atomic mass is 9.95. The maximum atomic E-state index is 5.47. The van der Waals surface area contributed by atoms with Crippen LogP contribution in [0.2, 0.25) is 0 Å². The van der Waals surface area contributed by atoms with E-state index in [1.807, 2.05) is 11.3 Å². The Morgan fingerprint density at radius 3 is 1.78 bits per heavy atom. The largest absolute Gasteiger partial charge is 0.291 e. The molecule has 0 aliphatic rings. The molecule has 0 saturated heterocycles. The molecule has 0 aliphatic heterocycles. The zero-order valence-corrected chi connectivity index (χ0v) is 30.1. The van der Waals surface area contributed by atoms with Crippen LogP contribution in [0.5, 0.6) is 0 Å². The second kappa shape index (κ2) is 12.4. The first-order chi connectivity index (χ1) is 26.8. The summed E-state index contributed by atoms with van der Waals surface area (Å²) in [4.78, 5) is 5.47. The Morgan fingerprint density at radius 2 is 0.963 bits per heavy atom. The molecular formula is C51H32N2S. The summed E-state index contributed by atoms with van der Waals surface area (Å²) >= 11 is 1.88. The minimum absolute atomic E-state index is 0.959. The van der Waals surface area contributed by atoms with Crippen LogP contribution in [0.4, 0.5) is 0 Å². The summed E-state index contributed by atoms with van der Waals surface area (Å²) in [7, 11) is 0. The number of nitrogens with zero attached hydrogens (tertiary/aromatic N) is 2. The lowest BCUT2D eigenvalue weighted by Crippen LogP contribution is -1.95. The van der Waals surface area contributed by atoms with Crippen LogP contribution in [-0.2, 0) is 0 Å². The minimum Gasteiger partial charge on any atom is -0.291 e. The molecule has 0 spiro atoms. The number of aromatic nitrogens is 2. The molecule has 3 heteroatoms. The number of rotatable bonds is 5. The second-order valence-electron chi connectivity index (χ2n) is 13.9. The quantitative estimate of drug-likeness (QED) is 0.163. The van der Waals surface area contributed by atoms with E-state index in [9.17, 15) is 0 Å². The van der Waals surface area contributed by atoms with E-state index in [1.165, 1.54) is 64.3 Å². The van der Waals surface area contributed by atoms with Crippen molar-refractivity contribution in [3.63, 3.8) is 0 Å². The van der Waals surface area contributed by atoms with E-state index in [2.05, 4.69) is 199 Å². The van der Waals surface area contributed by atoms with Crippen molar-refractivity contribution in [2.45, 2.75) is 0 Å². The molecule has 0 N–H and O–H groups in total. The first-order valence-electron chi connectivity index (χ1n) is 18.4. The van der Waals surface area contributed by atoms with Crippen molar-refractivity contribution in [2.75, 3.05) is 0 Å². The van der Waals surface area contributed by atoms with E-state index in [-0.39, 0.29) is 0 Å². The van der Waals surface area contributed by atoms with Crippen LogP contribution < -0.4 is 0 Å². The Morgan fingerprint density at radius 1 is 0.370 bits per heavy atom. The average Bonchev–Trinajstić information content (AvgIpc) is 3.84. The van der Waals surface area contributed by atoms with Crippen LogP contribution in [-0.4, -0.2) is 9.38 Å². The summed E-state index contributed by atoms with van der Waals surface area (Å²) in [5, 5.41) is 6.15. The number of pyridine rings is 1. The van der Waals surface area contributed by atoms with Crippen molar-refractivity contribution >= 4 is 58.8 Å². The fourth-order valence-electron chi connectivity index (χ4n) is 8.23. The normalized spacial score (nSPS) is 11.7. The highest BCUT2D eigenvalue weighted by molar-refractivity contribution is 7.26. The maximum Gasteiger partial charge on any atom is 0.146 e. The third kappa shape index (κ3) is 4.90. The number of fused-ring (bicyclic) bond motifs is 9. The molecule has 8 aromatic carbocycles. The Bertz CT molecular complexity index is 3190. The highest BCUT2D eigenvalue weighted by Crippen LogP contribution is 2.43. The third-order valence-electron chi connectivity index (χ3n) is 10.8. The zero-order chi connectivity index (χ0) is 35.6. The van der Waals surface area contributed by atoms with Gasteiger partial charge in [0, 0.05) is 42.1 Å². The molecule has 11 aromatic rings. The summed E-state index contributed by atoms with van der Waals surface area (Å²) in [5.41, 5.74) is 13.7. The Kier molecular flexibility index (Phi) is 7.07. The molecule has 0 aliphatic carbocycles. The number of hydrogen-bond acceptors (Lipinski definition) is 2. The monoisotopic (exact) mass is 704 g/mol. The topological polar surface area (TPSA) is 17.3 Å². The molecule has 11 rings (SSSR count). The fraction of sp³-hybridized carbons (Fsp3) is 0. The smallest absolute Gasteiger partial charge is 0.146 e. The first kappa shape index (κ1) is 30.8. The van der Waals surface area contributed by atoms with E-state index in [1.54, 1.807) is 0 Å². The van der Waals surface area contributed by atoms with Gasteiger partial charge in [0.2, 0.25) is 0 Å². The van der Waals surface area contributed by atoms with Crippen molar-refractivity contribution < 1.29 is 0 Å². The molecule has 0 radical (unpaired) electrons. The van der Waals surface area contributed by atoms with Gasteiger partial charge in [0.15, 0.2) is 0 Å². The number of thiophene rings is 1. The fourth-order valence-corrected chi connectivity index (χ4v) is 9.47. The second-order valence-corrected chi connectivity index (χ2v) is 15.0. The van der Waals surface area contributed by atoms with Crippen LogP contribution >= 0.6 is 11.3 Å². The van der Waals surface area contributed by atoms with Gasteiger partial charge in [-0.1, -0.05) is 158 Å². The maximum absolute atomic E-state index is 5.47. The van der Waals surface area contributed by atoms with Gasteiger partial charge in [0.1, 0.15) is 5.65 Å². The molecule has 0 bridgehead atoms. The van der Waals surface area contributed by atoms with Gasteiger partial charge in [-0.25, -0.2) is 4.98 Å². The Balaban J connectivity index is 1.18. The molecule has 54 heavy (non-hydrogen) atoms. The van der Waals surface area contributed by atoms with Crippen molar-refractivity contribution in [1.29, 1.82) is 0 Å². The van der Waals surface area contributed by atoms with Crippen LogP contribution in [0.3, 0.4) is 0 Å². The molecule has 0 atom stereocenters. The van der Waals surface area contributed by atoms with Crippen LogP contribution in [0.1, 0.15) is 0 Å². The molecule has 2 nitrogen and oxygen atoms in total. The molecule has 252 valence electrons. The lowest BCUT2D eigenvalue weighted by molar-refractivity contribution is 1.27. The van der Waals surface area contributed by atoms with Gasteiger partial charge in [0.05, 0.1) is 16.9 Å². The molecule has 0 fully saturated rings. The third-order valence-corrected chi connectivity index (χ3v) is 12.0. The Hall–Kier alpha value is -6.81. The highest BCUT2D eigenvalue weighted by Gasteiger charge is 2.21. The van der Waals surface area contributed by atoms with Crippen LogP contribution in [0.15, 0.2) is 194 Å². The van der Waals surface area contributed by atoms with Gasteiger partial charge >= 0.3 is 0 Å². The number of benzene rings is 8. The van der Waals surface area contributed by atoms with E-state index >= 15 is 0 Å². The summed E-state index contributed by atoms with van der Waals surface area (Å²) in [6.45, 7) is 0. The molecule has 0 unspecified atom stereocenters. The predicted molar refractivity (Wildman–Crippen MR) is 230 cm³/mol. The summed E-state index contributed by atoms with van der Waals surface area (Å²) < 4.78 is 5.04. The SMILES string of the molecule is c1ccc(-c2ccc3c(c2)c2cc(-c4cccc(-c5cccc6c5sc5ccccc56)c4)ccc2n2c(-c4ccccc4)c(-c4ccccc4)nc32)cc1. The number of hydrogen-bond donors (Lipinski definition) is 0. The van der Waals surface area contributed by atoms with Crippen LogP contribution in [0.25, 0.3) is 103 Å². The van der Waals surface area contributed by atoms with E-state index in [4.69, 9.17) is 4.98 Å². The Labute approximate surface area is 316 Å². The highest BCUT2D eigenvalue weighted by atomic mass is 32.1. The zero-order valence-electron chi connectivity index (χ0n) is 29.3. The first-order valence-corrected chi connectivity index (χ1v) is 19.2. The van der Waals surface area contributed by atoms with Crippen LogP contribution in [0, 0.1) is 0 Å². The summed E-state index contributed by atoms with van der Waals surface area (Å²) in [6, 6.07) is 70.3. The molecule has 3 aromatic heterocycles. The van der Waals surface area contributed by atoms with Crippen molar-refractivity contribution in [2.24, 2.45) is 0 Å². The molecular weight excluding hydrogens is 673 g/mol. The van der Waals surface area contributed by atoms with E-state index < -0.39 is 0 Å². The molecule has 0 amide bonds. The average molecular weight is 705 g/mol. The van der Waals surface area contributed by atoms with Gasteiger partial charge < -0.3 is 0 Å². The van der Waals surface area contributed by atoms with Crippen molar-refractivity contribution in [1.82, 2.24) is 9.38 Å². The van der Waals surface area contributed by atoms with E-state index in [0.717, 1.165) is 39.1 Å². The standard InChI is InChI=1S/C51H32N2S/c1-4-14-33(15-5-1)37-26-28-43-44(31-37)45-32-38(36-20-12-21-39(30-36)40-23-13-24-42-41-22-10-11-25-47(41)54-50(40)42)27-29-46(45)53-49(35-18-8-3-9-19-35)48(52-51(43)53)34-16-6-2-7-17-34/h1-32H. The van der Waals surface area contributed by atoms with E-state index in [0.29, 0.717) is 0 Å². The summed E-state index contributed by atoms with van der Waals surface area (Å²) in [6.07, 6.45) is 0. The van der Waals surface area contributed by atoms with Gasteiger partial charge in [-0.15, -0.1) is 11.3 Å². The van der Waals surface area contributed by atoms with Crippen molar-refractivity contribution in [3.05, 3.63) is 194 Å². The number of imidazole rings is 1. The molecule has 3 heterocycles. The minimum atomic E-state index is 0.959. The summed E-state index contributed by atoms with van der Waals surface area (Å²) in [5.74, 6) is 0.